The van der Waals surface area contributed by atoms with Gasteiger partial charge in [-0.25, -0.2) is 0 Å². The predicted molar refractivity (Wildman–Crippen MR) is 65.3 cm³/mol. The number of hydrogen-bond donors (Lipinski definition) is 0. The van der Waals surface area contributed by atoms with Gasteiger partial charge in [0, 0.05) is 24.2 Å². The smallest absolute Gasteiger partial charge is 0.254 e. The summed E-state index contributed by atoms with van der Waals surface area (Å²) >= 11 is 1.72. The van der Waals surface area contributed by atoms with E-state index in [1.165, 1.54) is 4.50 Å². The fraction of sp³-hybridized carbons (Fsp3) is 0.500. The van der Waals surface area contributed by atoms with Crippen molar-refractivity contribution >= 4 is 29.8 Å². The van der Waals surface area contributed by atoms with Gasteiger partial charge in [-0.3, -0.25) is 4.79 Å². The molecule has 0 atom stereocenters. The van der Waals surface area contributed by atoms with Gasteiger partial charge in [0.25, 0.3) is 5.91 Å². The minimum Gasteiger partial charge on any atom is -0.345 e. The van der Waals surface area contributed by atoms with Gasteiger partial charge in [0.1, 0.15) is 0 Å². The monoisotopic (exact) mass is 227 g/mol. The van der Waals surface area contributed by atoms with Crippen molar-refractivity contribution in [2.24, 2.45) is 0 Å². The lowest BCUT2D eigenvalue weighted by atomic mass is 10.3. The van der Waals surface area contributed by atoms with E-state index in [1.807, 2.05) is 11.4 Å². The molecular formula is C10H17NOSSi. The third-order valence-electron chi connectivity index (χ3n) is 1.98. The van der Waals surface area contributed by atoms with E-state index in [0.29, 0.717) is 0 Å². The van der Waals surface area contributed by atoms with Crippen molar-refractivity contribution in [1.82, 2.24) is 4.90 Å². The molecule has 0 saturated heterocycles. The number of carbonyl (C=O) groups excluding carboxylic acids is 1. The Bertz CT molecular complexity index is 338. The molecular weight excluding hydrogens is 210 g/mol. The number of amides is 1. The molecule has 0 aliphatic rings. The fourth-order valence-electron chi connectivity index (χ4n) is 1.30. The summed E-state index contributed by atoms with van der Waals surface area (Å²) in [4.78, 5) is 13.5. The first kappa shape index (κ1) is 11.5. The Labute approximate surface area is 90.6 Å². The molecule has 1 aromatic rings. The van der Waals surface area contributed by atoms with Gasteiger partial charge >= 0.3 is 0 Å². The predicted octanol–water partition coefficient (Wildman–Crippen LogP) is 2.00. The summed E-state index contributed by atoms with van der Waals surface area (Å²) in [6.07, 6.45) is 0. The van der Waals surface area contributed by atoms with E-state index in [0.717, 1.165) is 5.56 Å². The van der Waals surface area contributed by atoms with Gasteiger partial charge in [0.15, 0.2) is 0 Å². The summed E-state index contributed by atoms with van der Waals surface area (Å²) in [5.74, 6) is 0.128. The van der Waals surface area contributed by atoms with E-state index in [4.69, 9.17) is 0 Å². The highest BCUT2D eigenvalue weighted by Crippen LogP contribution is 2.13. The van der Waals surface area contributed by atoms with Crippen molar-refractivity contribution < 1.29 is 4.79 Å². The Morgan fingerprint density at radius 3 is 2.36 bits per heavy atom. The number of thiophene rings is 1. The first-order valence-electron chi connectivity index (χ1n) is 4.63. The van der Waals surface area contributed by atoms with Crippen LogP contribution in [-0.2, 0) is 0 Å². The van der Waals surface area contributed by atoms with Crippen LogP contribution in [0.2, 0.25) is 19.6 Å². The molecule has 0 aromatic carbocycles. The molecule has 1 aromatic heterocycles. The van der Waals surface area contributed by atoms with Gasteiger partial charge in [0.2, 0.25) is 0 Å². The van der Waals surface area contributed by atoms with E-state index < -0.39 is 8.07 Å². The first-order valence-corrected chi connectivity index (χ1v) is 9.01. The Morgan fingerprint density at radius 2 is 1.93 bits per heavy atom. The maximum Gasteiger partial charge on any atom is 0.254 e. The first-order chi connectivity index (χ1) is 6.34. The van der Waals surface area contributed by atoms with Crippen LogP contribution < -0.4 is 4.50 Å². The van der Waals surface area contributed by atoms with Crippen molar-refractivity contribution in [3.63, 3.8) is 0 Å². The maximum atomic E-state index is 11.8. The second-order valence-electron chi connectivity index (χ2n) is 4.61. The number of carbonyl (C=O) groups is 1. The summed E-state index contributed by atoms with van der Waals surface area (Å²) in [7, 11) is 2.24. The van der Waals surface area contributed by atoms with Gasteiger partial charge < -0.3 is 4.90 Å². The van der Waals surface area contributed by atoms with Gasteiger partial charge in [-0.15, -0.1) is 0 Å². The van der Waals surface area contributed by atoms with Crippen LogP contribution in [0.25, 0.3) is 0 Å². The van der Waals surface area contributed by atoms with Crippen LogP contribution in [0.3, 0.4) is 0 Å². The highest BCUT2D eigenvalue weighted by Gasteiger charge is 2.25. The molecule has 0 N–H and O–H groups in total. The Kier molecular flexibility index (Phi) is 3.16. The van der Waals surface area contributed by atoms with E-state index >= 15 is 0 Å². The lowest BCUT2D eigenvalue weighted by molar-refractivity contribution is 0.0829. The van der Waals surface area contributed by atoms with Crippen LogP contribution >= 0.6 is 11.3 Å². The van der Waals surface area contributed by atoms with Crippen molar-refractivity contribution in [2.75, 3.05) is 14.1 Å². The normalized spacial score (nSPS) is 11.5. The third kappa shape index (κ3) is 2.25. The minimum atomic E-state index is -1.36. The summed E-state index contributed by atoms with van der Waals surface area (Å²) in [6.45, 7) is 6.81. The largest absolute Gasteiger partial charge is 0.345 e. The molecule has 1 amide bonds. The topological polar surface area (TPSA) is 20.3 Å². The highest BCUT2D eigenvalue weighted by atomic mass is 32.1. The SMILES string of the molecule is CN(C)C(=O)c1ccsc1[Si](C)(C)C. The second kappa shape index (κ2) is 3.86. The standard InChI is InChI=1S/C10H17NOSSi/c1-11(2)9(12)8-6-7-13-10(8)14(3,4)5/h6-7H,1-5H3. The van der Waals surface area contributed by atoms with E-state index in [1.54, 1.807) is 30.3 Å². The highest BCUT2D eigenvalue weighted by molar-refractivity contribution is 7.25. The zero-order valence-electron chi connectivity index (χ0n) is 9.42. The van der Waals surface area contributed by atoms with Gasteiger partial charge in [-0.1, -0.05) is 19.6 Å². The molecule has 78 valence electrons. The zero-order chi connectivity index (χ0) is 10.9. The lowest BCUT2D eigenvalue weighted by Gasteiger charge is -2.18. The van der Waals surface area contributed by atoms with Crippen LogP contribution in [0.5, 0.6) is 0 Å². The molecule has 0 saturated carbocycles. The quantitative estimate of drug-likeness (QED) is 0.708. The van der Waals surface area contributed by atoms with Crippen LogP contribution in [0.1, 0.15) is 10.4 Å². The van der Waals surface area contributed by atoms with Crippen LogP contribution in [-0.4, -0.2) is 33.0 Å². The van der Waals surface area contributed by atoms with Crippen LogP contribution in [0.4, 0.5) is 0 Å². The summed E-state index contributed by atoms with van der Waals surface area (Å²) < 4.78 is 1.30. The molecule has 0 aliphatic carbocycles. The summed E-state index contributed by atoms with van der Waals surface area (Å²) in [6, 6.07) is 1.95. The average molecular weight is 227 g/mol. The molecule has 4 heteroatoms. The van der Waals surface area contributed by atoms with Crippen molar-refractivity contribution in [1.29, 1.82) is 0 Å². The molecule has 1 rings (SSSR count). The van der Waals surface area contributed by atoms with E-state index in [-0.39, 0.29) is 5.91 Å². The molecule has 14 heavy (non-hydrogen) atoms. The molecule has 2 nitrogen and oxygen atoms in total. The number of hydrogen-bond acceptors (Lipinski definition) is 2. The molecule has 1 heterocycles. The van der Waals surface area contributed by atoms with Crippen molar-refractivity contribution in [3.8, 4) is 0 Å². The molecule has 0 bridgehead atoms. The molecule has 0 radical (unpaired) electrons. The van der Waals surface area contributed by atoms with Crippen molar-refractivity contribution in [2.45, 2.75) is 19.6 Å². The summed E-state index contributed by atoms with van der Waals surface area (Å²) in [5, 5.41) is 2.02. The lowest BCUT2D eigenvalue weighted by Crippen LogP contribution is -2.40. The maximum absolute atomic E-state index is 11.8. The molecule has 0 spiro atoms. The molecule has 0 fully saturated rings. The minimum absolute atomic E-state index is 0.128. The van der Waals surface area contributed by atoms with Gasteiger partial charge in [-0.05, 0) is 11.4 Å². The summed E-state index contributed by atoms with van der Waals surface area (Å²) in [5.41, 5.74) is 0.902. The van der Waals surface area contributed by atoms with Crippen LogP contribution in [0.15, 0.2) is 11.4 Å². The second-order valence-corrected chi connectivity index (χ2v) is 10.9. The molecule has 0 unspecified atom stereocenters. The van der Waals surface area contributed by atoms with Gasteiger partial charge in [0.05, 0.1) is 8.07 Å². The van der Waals surface area contributed by atoms with E-state index in [2.05, 4.69) is 19.6 Å². The Hall–Kier alpha value is -0.613. The van der Waals surface area contributed by atoms with Crippen molar-refractivity contribution in [3.05, 3.63) is 17.0 Å². The zero-order valence-corrected chi connectivity index (χ0v) is 11.2. The Balaban J connectivity index is 3.12. The number of rotatable bonds is 2. The third-order valence-corrected chi connectivity index (χ3v) is 6.53. The fourth-order valence-corrected chi connectivity index (χ4v) is 4.54. The Morgan fingerprint density at radius 1 is 1.36 bits per heavy atom. The number of nitrogens with zero attached hydrogens (tertiary/aromatic N) is 1. The molecule has 0 aliphatic heterocycles. The average Bonchev–Trinajstić information content (AvgIpc) is 2.48. The van der Waals surface area contributed by atoms with Gasteiger partial charge in [-0.2, -0.15) is 11.3 Å². The van der Waals surface area contributed by atoms with Crippen LogP contribution in [0, 0.1) is 0 Å². The van der Waals surface area contributed by atoms with E-state index in [9.17, 15) is 4.79 Å².